The lowest BCUT2D eigenvalue weighted by Crippen LogP contribution is -2.47. The number of hydrogen-bond donors (Lipinski definition) is 2. The highest BCUT2D eigenvalue weighted by Crippen LogP contribution is 2.16. The van der Waals surface area contributed by atoms with Gasteiger partial charge in [0.05, 0.1) is 19.2 Å². The Bertz CT molecular complexity index is 691. The molecule has 1 aliphatic rings. The van der Waals surface area contributed by atoms with Gasteiger partial charge in [-0.05, 0) is 24.3 Å². The number of nitrogens with one attached hydrogen (secondary N) is 2. The fourth-order valence-electron chi connectivity index (χ4n) is 2.86. The largest absolute Gasteiger partial charge is 0.347 e. The van der Waals surface area contributed by atoms with Gasteiger partial charge >= 0.3 is 0 Å². The van der Waals surface area contributed by atoms with Crippen molar-refractivity contribution < 1.29 is 18.0 Å². The highest BCUT2D eigenvalue weighted by molar-refractivity contribution is 7.88. The third kappa shape index (κ3) is 7.23. The fraction of sp³-hybridized carbons (Fsp3) is 0.529. The van der Waals surface area contributed by atoms with Gasteiger partial charge in [-0.15, -0.1) is 0 Å². The zero-order chi connectivity index (χ0) is 18.3. The molecule has 0 spiro atoms. The van der Waals surface area contributed by atoms with Crippen molar-refractivity contribution in [1.29, 1.82) is 0 Å². The minimum absolute atomic E-state index is 0.0299. The monoisotopic (exact) mass is 367 g/mol. The van der Waals surface area contributed by atoms with Gasteiger partial charge < -0.3 is 10.2 Å². The van der Waals surface area contributed by atoms with E-state index in [0.29, 0.717) is 19.6 Å². The van der Waals surface area contributed by atoms with Gasteiger partial charge in [-0.1, -0.05) is 30.3 Å². The SMILES string of the molecule is CS(=O)(=O)NCC1CCCN(C(=O)CNC(=O)Cc2ccccc2)C1. The van der Waals surface area contributed by atoms with E-state index >= 15 is 0 Å². The lowest BCUT2D eigenvalue weighted by molar-refractivity contribution is -0.134. The maximum absolute atomic E-state index is 12.3. The van der Waals surface area contributed by atoms with Gasteiger partial charge in [0, 0.05) is 19.6 Å². The molecule has 0 bridgehead atoms. The number of amides is 2. The van der Waals surface area contributed by atoms with Crippen molar-refractivity contribution >= 4 is 21.8 Å². The van der Waals surface area contributed by atoms with Crippen molar-refractivity contribution in [2.45, 2.75) is 19.3 Å². The van der Waals surface area contributed by atoms with Gasteiger partial charge in [-0.25, -0.2) is 13.1 Å². The normalized spacial score (nSPS) is 18.0. The second kappa shape index (κ2) is 8.96. The smallest absolute Gasteiger partial charge is 0.241 e. The molecular formula is C17H25N3O4S. The Morgan fingerprint density at radius 1 is 1.24 bits per heavy atom. The van der Waals surface area contributed by atoms with Crippen LogP contribution in [0.1, 0.15) is 18.4 Å². The molecule has 0 saturated carbocycles. The van der Waals surface area contributed by atoms with Gasteiger partial charge in [0.1, 0.15) is 0 Å². The Hall–Kier alpha value is -1.93. The molecule has 138 valence electrons. The standard InChI is InChI=1S/C17H25N3O4S/c1-25(23,24)19-11-15-8-5-9-20(13-15)17(22)12-18-16(21)10-14-6-3-2-4-7-14/h2-4,6-7,15,19H,5,8-13H2,1H3,(H,18,21). The second-order valence-electron chi connectivity index (χ2n) is 6.41. The van der Waals surface area contributed by atoms with Crippen LogP contribution in [0.25, 0.3) is 0 Å². The van der Waals surface area contributed by atoms with Crippen molar-refractivity contribution in [3.8, 4) is 0 Å². The van der Waals surface area contributed by atoms with Crippen LogP contribution in [0.15, 0.2) is 30.3 Å². The molecule has 0 aliphatic carbocycles. The Balaban J connectivity index is 1.75. The predicted molar refractivity (Wildman–Crippen MR) is 95.3 cm³/mol. The molecule has 2 N–H and O–H groups in total. The van der Waals surface area contributed by atoms with Crippen molar-refractivity contribution in [3.05, 3.63) is 35.9 Å². The summed E-state index contributed by atoms with van der Waals surface area (Å²) < 4.78 is 24.8. The molecular weight excluding hydrogens is 342 g/mol. The van der Waals surface area contributed by atoms with Gasteiger partial charge in [0.15, 0.2) is 0 Å². The number of benzene rings is 1. The summed E-state index contributed by atoms with van der Waals surface area (Å²) in [6.07, 6.45) is 3.09. The lowest BCUT2D eigenvalue weighted by atomic mass is 9.98. The zero-order valence-corrected chi connectivity index (χ0v) is 15.2. The number of carbonyl (C=O) groups excluding carboxylic acids is 2. The lowest BCUT2D eigenvalue weighted by Gasteiger charge is -2.32. The first-order valence-electron chi connectivity index (χ1n) is 8.36. The Kier molecular flexibility index (Phi) is 6.95. The van der Waals surface area contributed by atoms with Crippen molar-refractivity contribution in [2.75, 3.05) is 32.4 Å². The van der Waals surface area contributed by atoms with Gasteiger partial charge in [-0.2, -0.15) is 0 Å². The maximum Gasteiger partial charge on any atom is 0.241 e. The summed E-state index contributed by atoms with van der Waals surface area (Å²) in [7, 11) is -3.22. The molecule has 2 rings (SSSR count). The van der Waals surface area contributed by atoms with Gasteiger partial charge in [0.2, 0.25) is 21.8 Å². The number of rotatable bonds is 7. The molecule has 0 aromatic heterocycles. The quantitative estimate of drug-likeness (QED) is 0.716. The third-order valence-electron chi connectivity index (χ3n) is 4.15. The minimum Gasteiger partial charge on any atom is -0.347 e. The first-order chi connectivity index (χ1) is 11.8. The molecule has 1 unspecified atom stereocenters. The van der Waals surface area contributed by atoms with Crippen LogP contribution >= 0.6 is 0 Å². The van der Waals surface area contributed by atoms with Crippen molar-refractivity contribution in [2.24, 2.45) is 5.92 Å². The molecule has 1 aromatic rings. The van der Waals surface area contributed by atoms with E-state index in [1.54, 1.807) is 4.90 Å². The summed E-state index contributed by atoms with van der Waals surface area (Å²) in [6.45, 7) is 1.46. The molecule has 1 saturated heterocycles. The number of nitrogens with zero attached hydrogens (tertiary/aromatic N) is 1. The van der Waals surface area contributed by atoms with E-state index in [0.717, 1.165) is 24.7 Å². The van der Waals surface area contributed by atoms with Crippen LogP contribution in [0.5, 0.6) is 0 Å². The Morgan fingerprint density at radius 2 is 1.96 bits per heavy atom. The molecule has 1 atom stereocenters. The number of piperidine rings is 1. The Morgan fingerprint density at radius 3 is 2.64 bits per heavy atom. The van der Waals surface area contributed by atoms with E-state index in [-0.39, 0.29) is 30.7 Å². The van der Waals surface area contributed by atoms with E-state index in [9.17, 15) is 18.0 Å². The van der Waals surface area contributed by atoms with E-state index in [4.69, 9.17) is 0 Å². The summed E-state index contributed by atoms with van der Waals surface area (Å²) in [5.41, 5.74) is 0.900. The first kappa shape index (κ1) is 19.4. The summed E-state index contributed by atoms with van der Waals surface area (Å²) in [5.74, 6) is -0.218. The van der Waals surface area contributed by atoms with Gasteiger partial charge in [-0.3, -0.25) is 9.59 Å². The number of hydrogen-bond acceptors (Lipinski definition) is 4. The van der Waals surface area contributed by atoms with Crippen LogP contribution in [-0.4, -0.2) is 57.6 Å². The van der Waals surface area contributed by atoms with Gasteiger partial charge in [0.25, 0.3) is 0 Å². The highest BCUT2D eigenvalue weighted by Gasteiger charge is 2.24. The number of sulfonamides is 1. The predicted octanol–water partition coefficient (Wildman–Crippen LogP) is 0.133. The van der Waals surface area contributed by atoms with Crippen molar-refractivity contribution in [3.63, 3.8) is 0 Å². The van der Waals surface area contributed by atoms with E-state index in [1.165, 1.54) is 0 Å². The number of likely N-dealkylation sites (tertiary alicyclic amines) is 1. The van der Waals surface area contributed by atoms with Crippen LogP contribution in [0.4, 0.5) is 0 Å². The summed E-state index contributed by atoms with van der Waals surface area (Å²) in [4.78, 5) is 25.9. The van der Waals surface area contributed by atoms with Crippen LogP contribution in [-0.2, 0) is 26.0 Å². The summed E-state index contributed by atoms with van der Waals surface area (Å²) in [5, 5.41) is 2.66. The zero-order valence-electron chi connectivity index (χ0n) is 14.4. The Labute approximate surface area is 148 Å². The van der Waals surface area contributed by atoms with E-state index in [2.05, 4.69) is 10.0 Å². The first-order valence-corrected chi connectivity index (χ1v) is 10.3. The molecule has 8 heteroatoms. The average molecular weight is 367 g/mol. The van der Waals surface area contributed by atoms with Crippen LogP contribution in [0, 0.1) is 5.92 Å². The molecule has 25 heavy (non-hydrogen) atoms. The second-order valence-corrected chi connectivity index (χ2v) is 8.24. The summed E-state index contributed by atoms with van der Waals surface area (Å²) >= 11 is 0. The summed E-state index contributed by atoms with van der Waals surface area (Å²) in [6, 6.07) is 9.35. The maximum atomic E-state index is 12.3. The topological polar surface area (TPSA) is 95.6 Å². The molecule has 2 amide bonds. The van der Waals surface area contributed by atoms with E-state index in [1.807, 2.05) is 30.3 Å². The molecule has 0 radical (unpaired) electrons. The van der Waals surface area contributed by atoms with E-state index < -0.39 is 10.0 Å². The molecule has 1 heterocycles. The van der Waals surface area contributed by atoms with Crippen LogP contribution in [0.3, 0.4) is 0 Å². The third-order valence-corrected chi connectivity index (χ3v) is 4.84. The van der Waals surface area contributed by atoms with Crippen molar-refractivity contribution in [1.82, 2.24) is 14.9 Å². The average Bonchev–Trinajstić information content (AvgIpc) is 2.58. The van der Waals surface area contributed by atoms with Crippen LogP contribution < -0.4 is 10.0 Å². The molecule has 1 aliphatic heterocycles. The van der Waals surface area contributed by atoms with Crippen LogP contribution in [0.2, 0.25) is 0 Å². The minimum atomic E-state index is -3.22. The fourth-order valence-corrected chi connectivity index (χ4v) is 3.40. The highest BCUT2D eigenvalue weighted by atomic mass is 32.2. The molecule has 1 fully saturated rings. The number of carbonyl (C=O) groups is 2. The molecule has 1 aromatic carbocycles. The molecule has 7 nitrogen and oxygen atoms in total.